The first kappa shape index (κ1) is 14.8. The van der Waals surface area contributed by atoms with Crippen molar-refractivity contribution in [3.63, 3.8) is 0 Å². The smallest absolute Gasteiger partial charge is 0.225 e. The van der Waals surface area contributed by atoms with E-state index in [0.717, 1.165) is 38.8 Å². The van der Waals surface area contributed by atoms with Crippen LogP contribution in [0, 0.1) is 5.92 Å². The molecule has 1 saturated heterocycles. The van der Waals surface area contributed by atoms with Crippen LogP contribution in [0.15, 0.2) is 0 Å². The van der Waals surface area contributed by atoms with Gasteiger partial charge in [-0.25, -0.2) is 0 Å². The van der Waals surface area contributed by atoms with Gasteiger partial charge in [0.1, 0.15) is 0 Å². The van der Waals surface area contributed by atoms with Crippen molar-refractivity contribution in [1.29, 1.82) is 0 Å². The molecule has 0 spiro atoms. The number of methoxy groups -OCH3 is 1. The Kier molecular flexibility index (Phi) is 4.85. The highest BCUT2D eigenvalue weighted by Crippen LogP contribution is 2.38. The first-order valence-electron chi connectivity index (χ1n) is 7.64. The quantitative estimate of drug-likeness (QED) is 0.826. The fraction of sp³-hybridized carbons (Fsp3) is 0.933. The predicted octanol–water partition coefficient (Wildman–Crippen LogP) is 1.79. The number of nitrogens with one attached hydrogen (secondary N) is 1. The monoisotopic (exact) mass is 268 g/mol. The molecule has 2 unspecified atom stereocenters. The number of hydrogen-bond acceptors (Lipinski definition) is 3. The predicted molar refractivity (Wildman–Crippen MR) is 76.0 cm³/mol. The van der Waals surface area contributed by atoms with E-state index < -0.39 is 0 Å². The molecule has 1 saturated carbocycles. The van der Waals surface area contributed by atoms with Crippen LogP contribution in [0.4, 0.5) is 0 Å². The minimum atomic E-state index is -0.140. The normalized spacial score (nSPS) is 29.9. The van der Waals surface area contributed by atoms with E-state index >= 15 is 0 Å². The van der Waals surface area contributed by atoms with Gasteiger partial charge in [0.15, 0.2) is 0 Å². The molecule has 1 aliphatic carbocycles. The maximum atomic E-state index is 12.4. The zero-order chi connectivity index (χ0) is 13.9. The highest BCUT2D eigenvalue weighted by Gasteiger charge is 2.41. The van der Waals surface area contributed by atoms with Crippen LogP contribution in [0.2, 0.25) is 0 Å². The Morgan fingerprint density at radius 3 is 2.68 bits per heavy atom. The average Bonchev–Trinajstić information content (AvgIpc) is 2.41. The molecule has 0 aromatic rings. The second-order valence-electron chi connectivity index (χ2n) is 6.11. The summed E-state index contributed by atoms with van der Waals surface area (Å²) in [6.07, 6.45) is 6.05. The third kappa shape index (κ3) is 3.11. The van der Waals surface area contributed by atoms with Crippen LogP contribution < -0.4 is 5.32 Å². The summed E-state index contributed by atoms with van der Waals surface area (Å²) in [4.78, 5) is 14.5. The summed E-state index contributed by atoms with van der Waals surface area (Å²) >= 11 is 0. The summed E-state index contributed by atoms with van der Waals surface area (Å²) in [6.45, 7) is 4.01. The Bertz CT molecular complexity index is 310. The summed E-state index contributed by atoms with van der Waals surface area (Å²) in [5.41, 5.74) is -0.140. The molecule has 0 aromatic carbocycles. The molecule has 19 heavy (non-hydrogen) atoms. The topological polar surface area (TPSA) is 41.6 Å². The summed E-state index contributed by atoms with van der Waals surface area (Å²) in [7, 11) is 3.77. The third-order valence-electron chi connectivity index (χ3n) is 5.15. The van der Waals surface area contributed by atoms with Crippen molar-refractivity contribution in [1.82, 2.24) is 10.2 Å². The van der Waals surface area contributed by atoms with Gasteiger partial charge in [-0.2, -0.15) is 0 Å². The number of likely N-dealkylation sites (tertiary alicyclic amines) is 1. The van der Waals surface area contributed by atoms with Crippen LogP contribution >= 0.6 is 0 Å². The fourth-order valence-electron chi connectivity index (χ4n) is 3.46. The molecule has 1 amide bonds. The summed E-state index contributed by atoms with van der Waals surface area (Å²) in [5.74, 6) is 0.872. The Balaban J connectivity index is 1.89. The number of carbonyl (C=O) groups excluding carboxylic acids is 1. The maximum Gasteiger partial charge on any atom is 0.225 e. The molecular formula is C15H28N2O2. The minimum absolute atomic E-state index is 0.140. The summed E-state index contributed by atoms with van der Waals surface area (Å²) in [5, 5.41) is 3.38. The lowest BCUT2D eigenvalue weighted by Gasteiger charge is -2.43. The molecule has 2 aliphatic rings. The lowest BCUT2D eigenvalue weighted by Crippen LogP contribution is -2.52. The number of amides is 1. The van der Waals surface area contributed by atoms with E-state index in [1.54, 1.807) is 7.11 Å². The molecule has 0 bridgehead atoms. The number of carbonyl (C=O) groups is 1. The van der Waals surface area contributed by atoms with E-state index in [0.29, 0.717) is 18.4 Å². The van der Waals surface area contributed by atoms with Crippen LogP contribution in [0.3, 0.4) is 0 Å². The molecule has 1 aliphatic heterocycles. The van der Waals surface area contributed by atoms with Crippen LogP contribution in [0.25, 0.3) is 0 Å². The van der Waals surface area contributed by atoms with E-state index in [1.165, 1.54) is 6.42 Å². The lowest BCUT2D eigenvalue weighted by atomic mass is 9.77. The number of ether oxygens (including phenoxy) is 1. The van der Waals surface area contributed by atoms with Gasteiger partial charge in [0, 0.05) is 26.2 Å². The second-order valence-corrected chi connectivity index (χ2v) is 6.11. The highest BCUT2D eigenvalue weighted by molar-refractivity contribution is 5.77. The molecule has 0 radical (unpaired) electrons. The van der Waals surface area contributed by atoms with Crippen molar-refractivity contribution in [3.8, 4) is 0 Å². The number of rotatable bonds is 5. The second kappa shape index (κ2) is 6.23. The van der Waals surface area contributed by atoms with E-state index in [2.05, 4.69) is 17.1 Å². The van der Waals surface area contributed by atoms with Crippen LogP contribution in [-0.2, 0) is 9.53 Å². The standard InChI is InChI=1S/C15H28N2O2/c1-4-12-11-17(9-6-13(12)16-2)14(18)10-15(19-3)7-5-8-15/h12-13,16H,4-11H2,1-3H3. The first-order chi connectivity index (χ1) is 9.14. The van der Waals surface area contributed by atoms with Gasteiger partial charge in [0.05, 0.1) is 12.0 Å². The SMILES string of the molecule is CCC1CN(C(=O)CC2(OC)CCC2)CCC1NC. The third-order valence-corrected chi connectivity index (χ3v) is 5.15. The minimum Gasteiger partial charge on any atom is -0.378 e. The van der Waals surface area contributed by atoms with Crippen LogP contribution in [0.1, 0.15) is 45.4 Å². The van der Waals surface area contributed by atoms with Crippen LogP contribution in [0.5, 0.6) is 0 Å². The molecule has 110 valence electrons. The molecule has 2 rings (SSSR count). The molecule has 4 heteroatoms. The maximum absolute atomic E-state index is 12.4. The first-order valence-corrected chi connectivity index (χ1v) is 7.64. The summed E-state index contributed by atoms with van der Waals surface area (Å²) in [6, 6.07) is 0.564. The van der Waals surface area contributed by atoms with Gasteiger partial charge >= 0.3 is 0 Å². The Morgan fingerprint density at radius 1 is 1.47 bits per heavy atom. The van der Waals surface area contributed by atoms with Gasteiger partial charge in [-0.05, 0) is 38.6 Å². The Morgan fingerprint density at radius 2 is 2.21 bits per heavy atom. The molecule has 1 heterocycles. The van der Waals surface area contributed by atoms with Crippen molar-refractivity contribution < 1.29 is 9.53 Å². The van der Waals surface area contributed by atoms with Crippen LogP contribution in [-0.4, -0.2) is 49.7 Å². The van der Waals surface area contributed by atoms with Gasteiger partial charge in [-0.3, -0.25) is 4.79 Å². The number of hydrogen-bond donors (Lipinski definition) is 1. The molecule has 0 aromatic heterocycles. The van der Waals surface area contributed by atoms with Crippen molar-refractivity contribution in [2.45, 2.75) is 57.1 Å². The van der Waals surface area contributed by atoms with Crippen molar-refractivity contribution in [3.05, 3.63) is 0 Å². The van der Waals surface area contributed by atoms with Crippen molar-refractivity contribution in [2.75, 3.05) is 27.2 Å². The van der Waals surface area contributed by atoms with E-state index in [4.69, 9.17) is 4.74 Å². The van der Waals surface area contributed by atoms with Gasteiger partial charge < -0.3 is 15.0 Å². The van der Waals surface area contributed by atoms with Crippen molar-refractivity contribution >= 4 is 5.91 Å². The van der Waals surface area contributed by atoms with Gasteiger partial charge in [-0.15, -0.1) is 0 Å². The Hall–Kier alpha value is -0.610. The summed E-state index contributed by atoms with van der Waals surface area (Å²) < 4.78 is 5.57. The van der Waals surface area contributed by atoms with Gasteiger partial charge in [0.25, 0.3) is 0 Å². The largest absolute Gasteiger partial charge is 0.378 e. The Labute approximate surface area is 116 Å². The zero-order valence-corrected chi connectivity index (χ0v) is 12.6. The fourth-order valence-corrected chi connectivity index (χ4v) is 3.46. The van der Waals surface area contributed by atoms with Gasteiger partial charge in [0.2, 0.25) is 5.91 Å². The van der Waals surface area contributed by atoms with E-state index in [1.807, 2.05) is 7.05 Å². The van der Waals surface area contributed by atoms with E-state index in [9.17, 15) is 4.79 Å². The van der Waals surface area contributed by atoms with E-state index in [-0.39, 0.29) is 11.5 Å². The molecular weight excluding hydrogens is 240 g/mol. The zero-order valence-electron chi connectivity index (χ0n) is 12.6. The molecule has 1 N–H and O–H groups in total. The molecule has 4 nitrogen and oxygen atoms in total. The lowest BCUT2D eigenvalue weighted by molar-refractivity contribution is -0.146. The van der Waals surface area contributed by atoms with Crippen molar-refractivity contribution in [2.24, 2.45) is 5.92 Å². The molecule has 2 atom stereocenters. The molecule has 2 fully saturated rings. The van der Waals surface area contributed by atoms with Gasteiger partial charge in [-0.1, -0.05) is 13.3 Å². The highest BCUT2D eigenvalue weighted by atomic mass is 16.5. The average molecular weight is 268 g/mol. The number of piperidine rings is 1. The number of nitrogens with zero attached hydrogens (tertiary/aromatic N) is 1.